The van der Waals surface area contributed by atoms with E-state index in [1.54, 1.807) is 6.92 Å². The van der Waals surface area contributed by atoms with Crippen molar-refractivity contribution < 1.29 is 9.53 Å². The van der Waals surface area contributed by atoms with Crippen LogP contribution >= 0.6 is 21.6 Å². The van der Waals surface area contributed by atoms with E-state index in [2.05, 4.69) is 22.7 Å². The van der Waals surface area contributed by atoms with E-state index < -0.39 is 0 Å². The second-order valence-corrected chi connectivity index (χ2v) is 8.34. The van der Waals surface area contributed by atoms with E-state index >= 15 is 0 Å². The largest absolute Gasteiger partial charge is 0.462 e. The lowest BCUT2D eigenvalue weighted by atomic mass is 10.1. The van der Waals surface area contributed by atoms with Crippen molar-refractivity contribution in [3.63, 3.8) is 0 Å². The van der Waals surface area contributed by atoms with Crippen molar-refractivity contribution in [1.29, 1.82) is 0 Å². The number of carbonyl (C=O) groups is 1. The maximum atomic E-state index is 11.1. The summed E-state index contributed by atoms with van der Waals surface area (Å²) >= 11 is 0. The molecule has 1 fully saturated rings. The van der Waals surface area contributed by atoms with E-state index in [0.717, 1.165) is 24.8 Å². The van der Waals surface area contributed by atoms with E-state index in [-0.39, 0.29) is 5.97 Å². The summed E-state index contributed by atoms with van der Waals surface area (Å²) in [5.74, 6) is 1.06. The van der Waals surface area contributed by atoms with Gasteiger partial charge in [-0.25, -0.2) is 4.79 Å². The van der Waals surface area contributed by atoms with Crippen LogP contribution in [0.2, 0.25) is 0 Å². The highest BCUT2D eigenvalue weighted by Gasteiger charge is 2.15. The maximum Gasteiger partial charge on any atom is 0.333 e. The quantitative estimate of drug-likeness (QED) is 0.251. The molecule has 122 valence electrons. The lowest BCUT2D eigenvalue weighted by molar-refractivity contribution is -0.139. The molecule has 1 rings (SSSR count). The van der Waals surface area contributed by atoms with Gasteiger partial charge in [0.05, 0.1) is 6.61 Å². The maximum absolute atomic E-state index is 11.1. The third-order valence-electron chi connectivity index (χ3n) is 3.44. The third-order valence-corrected chi connectivity index (χ3v) is 6.44. The van der Waals surface area contributed by atoms with E-state index in [1.165, 1.54) is 44.3 Å². The summed E-state index contributed by atoms with van der Waals surface area (Å²) in [5.41, 5.74) is 0.470. The Hall–Kier alpha value is -0.130. The van der Waals surface area contributed by atoms with Gasteiger partial charge in [0, 0.05) is 16.6 Å². The highest BCUT2D eigenvalue weighted by Crippen LogP contribution is 2.39. The minimum atomic E-state index is -0.283. The first-order valence-electron chi connectivity index (χ1n) is 8.02. The van der Waals surface area contributed by atoms with Crippen molar-refractivity contribution in [1.82, 2.24) is 5.32 Å². The highest BCUT2D eigenvalue weighted by molar-refractivity contribution is 8.77. The molecule has 5 heteroatoms. The summed E-state index contributed by atoms with van der Waals surface area (Å²) in [6, 6.07) is 0. The Kier molecular flexibility index (Phi) is 11.2. The molecular weight excluding hydrogens is 302 g/mol. The molecule has 0 saturated carbocycles. The van der Waals surface area contributed by atoms with Crippen LogP contribution in [0.5, 0.6) is 0 Å². The van der Waals surface area contributed by atoms with Crippen LogP contribution in [-0.2, 0) is 9.53 Å². The number of hydrogen-bond acceptors (Lipinski definition) is 5. The predicted octanol–water partition coefficient (Wildman–Crippen LogP) is 4.19. The molecule has 0 aromatic rings. The van der Waals surface area contributed by atoms with E-state index in [1.807, 2.05) is 10.8 Å². The average Bonchev–Trinajstić information content (AvgIpc) is 2.97. The second kappa shape index (κ2) is 12.4. The minimum Gasteiger partial charge on any atom is -0.462 e. The van der Waals surface area contributed by atoms with Crippen molar-refractivity contribution >= 4 is 27.6 Å². The van der Waals surface area contributed by atoms with Crippen LogP contribution in [0.4, 0.5) is 0 Å². The first kappa shape index (κ1) is 18.9. The van der Waals surface area contributed by atoms with Gasteiger partial charge in [-0.2, -0.15) is 0 Å². The molecule has 21 heavy (non-hydrogen) atoms. The number of nitrogens with one attached hydrogen (secondary N) is 1. The van der Waals surface area contributed by atoms with Gasteiger partial charge in [-0.3, -0.25) is 0 Å². The smallest absolute Gasteiger partial charge is 0.333 e. The van der Waals surface area contributed by atoms with Gasteiger partial charge in [0.1, 0.15) is 0 Å². The lowest BCUT2D eigenvalue weighted by Gasteiger charge is -2.07. The van der Waals surface area contributed by atoms with Crippen molar-refractivity contribution in [3.05, 3.63) is 12.2 Å². The first-order valence-corrected chi connectivity index (χ1v) is 10.4. The molecule has 0 spiro atoms. The fourth-order valence-electron chi connectivity index (χ4n) is 2.15. The van der Waals surface area contributed by atoms with Crippen LogP contribution in [0.15, 0.2) is 12.2 Å². The summed E-state index contributed by atoms with van der Waals surface area (Å²) in [5, 5.41) is 4.33. The van der Waals surface area contributed by atoms with Crippen LogP contribution < -0.4 is 5.32 Å². The van der Waals surface area contributed by atoms with Gasteiger partial charge in [0.25, 0.3) is 0 Å². The number of ether oxygens (including phenoxy) is 1. The molecule has 3 nitrogen and oxygen atoms in total. The molecule has 0 aliphatic carbocycles. The highest BCUT2D eigenvalue weighted by atomic mass is 33.1. The molecule has 1 unspecified atom stereocenters. The van der Waals surface area contributed by atoms with Crippen molar-refractivity contribution in [2.45, 2.75) is 57.1 Å². The molecular formula is C16H29NO2S2. The average molecular weight is 332 g/mol. The molecule has 1 aliphatic heterocycles. The monoisotopic (exact) mass is 331 g/mol. The number of esters is 1. The summed E-state index contributed by atoms with van der Waals surface area (Å²) in [6.45, 7) is 7.69. The minimum absolute atomic E-state index is 0.283. The number of hydrogen-bond donors (Lipinski definition) is 1. The van der Waals surface area contributed by atoms with Gasteiger partial charge in [-0.05, 0) is 45.7 Å². The van der Waals surface area contributed by atoms with Crippen LogP contribution in [0.3, 0.4) is 0 Å². The lowest BCUT2D eigenvalue weighted by Crippen LogP contribution is -2.19. The molecule has 1 atom stereocenters. The van der Waals surface area contributed by atoms with Crippen LogP contribution in [-0.4, -0.2) is 36.7 Å². The summed E-state index contributed by atoms with van der Waals surface area (Å²) in [7, 11) is 4.13. The molecule has 0 aromatic heterocycles. The Labute approximate surface area is 137 Å². The summed E-state index contributed by atoms with van der Waals surface area (Å²) in [4.78, 5) is 11.1. The molecule has 1 N–H and O–H groups in total. The fraction of sp³-hybridized carbons (Fsp3) is 0.812. The van der Waals surface area contributed by atoms with Crippen LogP contribution in [0.1, 0.15) is 51.9 Å². The fourth-order valence-corrected chi connectivity index (χ4v) is 5.18. The Morgan fingerprint density at radius 2 is 2.00 bits per heavy atom. The van der Waals surface area contributed by atoms with E-state index in [9.17, 15) is 4.79 Å². The van der Waals surface area contributed by atoms with Gasteiger partial charge >= 0.3 is 5.97 Å². The van der Waals surface area contributed by atoms with Crippen molar-refractivity contribution in [2.24, 2.45) is 0 Å². The topological polar surface area (TPSA) is 38.3 Å². The van der Waals surface area contributed by atoms with Gasteiger partial charge < -0.3 is 10.1 Å². The zero-order chi connectivity index (χ0) is 15.3. The normalized spacial score (nSPS) is 17.9. The van der Waals surface area contributed by atoms with Crippen LogP contribution in [0, 0.1) is 0 Å². The number of rotatable bonds is 12. The van der Waals surface area contributed by atoms with Crippen LogP contribution in [0.25, 0.3) is 0 Å². The van der Waals surface area contributed by atoms with Crippen molar-refractivity contribution in [3.8, 4) is 0 Å². The molecule has 0 aromatic carbocycles. The molecule has 1 saturated heterocycles. The van der Waals surface area contributed by atoms with Gasteiger partial charge in [-0.15, -0.1) is 0 Å². The standard InChI is InChI=1S/C16H29NO2S2/c1-14(2)16(18)19-12-7-11-17-10-6-4-3-5-8-15-9-13-20-21-15/h15,17H,1,3-13H2,2H3. The SMILES string of the molecule is C=C(C)C(=O)OCCCNCCCCCCC1CCSS1. The molecule has 1 aliphatic rings. The summed E-state index contributed by atoms with van der Waals surface area (Å²) in [6.07, 6.45) is 9.00. The molecule has 0 radical (unpaired) electrons. The Morgan fingerprint density at radius 1 is 1.24 bits per heavy atom. The zero-order valence-corrected chi connectivity index (χ0v) is 14.8. The summed E-state index contributed by atoms with van der Waals surface area (Å²) < 4.78 is 5.03. The van der Waals surface area contributed by atoms with Gasteiger partial charge in [0.15, 0.2) is 0 Å². The van der Waals surface area contributed by atoms with Crippen molar-refractivity contribution in [2.75, 3.05) is 25.4 Å². The Bertz CT molecular complexity index is 305. The molecule has 0 amide bonds. The molecule has 0 bridgehead atoms. The predicted molar refractivity (Wildman–Crippen MR) is 94.8 cm³/mol. The zero-order valence-electron chi connectivity index (χ0n) is 13.2. The Balaban J connectivity index is 1.74. The first-order chi connectivity index (χ1) is 10.2. The Morgan fingerprint density at radius 3 is 2.71 bits per heavy atom. The van der Waals surface area contributed by atoms with Gasteiger partial charge in [-0.1, -0.05) is 47.4 Å². The number of carbonyl (C=O) groups excluding carboxylic acids is 1. The van der Waals surface area contributed by atoms with Gasteiger partial charge in [0.2, 0.25) is 0 Å². The molecule has 1 heterocycles. The third kappa shape index (κ3) is 10.3. The number of unbranched alkanes of at least 4 members (excludes halogenated alkanes) is 3. The van der Waals surface area contributed by atoms with E-state index in [0.29, 0.717) is 12.2 Å². The second-order valence-electron chi connectivity index (χ2n) is 5.55. The van der Waals surface area contributed by atoms with E-state index in [4.69, 9.17) is 4.74 Å².